The molecule has 0 saturated carbocycles. The molecule has 1 N–H and O–H groups in total. The summed E-state index contributed by atoms with van der Waals surface area (Å²) in [4.78, 5) is 20.2. The first kappa shape index (κ1) is 34.2. The van der Waals surface area contributed by atoms with E-state index in [2.05, 4.69) is 169 Å². The number of nitrogens with one attached hydrogen (secondary N) is 1. The molecule has 55 heavy (non-hydrogen) atoms. The highest BCUT2D eigenvalue weighted by Gasteiger charge is 2.38. The first-order chi connectivity index (χ1) is 26.9. The Morgan fingerprint density at radius 1 is 0.636 bits per heavy atom. The largest absolute Gasteiger partial charge is 0.439 e. The van der Waals surface area contributed by atoms with Crippen molar-refractivity contribution in [1.82, 2.24) is 29.0 Å². The van der Waals surface area contributed by atoms with E-state index in [4.69, 9.17) is 19.7 Å². The summed E-state index contributed by atoms with van der Waals surface area (Å²) in [6.45, 7) is 8.76. The van der Waals surface area contributed by atoms with Gasteiger partial charge in [0.15, 0.2) is 11.6 Å². The summed E-state index contributed by atoms with van der Waals surface area (Å²) >= 11 is 0. The van der Waals surface area contributed by atoms with Gasteiger partial charge in [-0.2, -0.15) is 0 Å². The molecule has 8 nitrogen and oxygen atoms in total. The van der Waals surface area contributed by atoms with Gasteiger partial charge in [-0.3, -0.25) is 4.57 Å². The zero-order valence-corrected chi connectivity index (χ0v) is 31.7. The van der Waals surface area contributed by atoms with Crippen LogP contribution in [0.4, 0.5) is 5.69 Å². The number of para-hydroxylation sites is 1. The van der Waals surface area contributed by atoms with Crippen LogP contribution in [0.25, 0.3) is 51.0 Å². The molecular formula is C46H42BN7O. The molecule has 0 bridgehead atoms. The van der Waals surface area contributed by atoms with E-state index >= 15 is 0 Å². The topological polar surface area (TPSA) is 76.8 Å². The lowest BCUT2D eigenvalue weighted by molar-refractivity contribution is 0.466. The second kappa shape index (κ2) is 14.0. The van der Waals surface area contributed by atoms with Crippen molar-refractivity contribution in [2.24, 2.45) is 0 Å². The first-order valence-corrected chi connectivity index (χ1v) is 18.9. The van der Waals surface area contributed by atoms with Crippen LogP contribution < -0.4 is 15.0 Å². The molecule has 0 atom stereocenters. The van der Waals surface area contributed by atoms with Crippen molar-refractivity contribution in [3.05, 3.63) is 157 Å². The van der Waals surface area contributed by atoms with Gasteiger partial charge in [-0.25, -0.2) is 15.0 Å². The van der Waals surface area contributed by atoms with Crippen LogP contribution in [0.2, 0.25) is 0 Å². The smallest absolute Gasteiger partial charge is 0.417 e. The number of ether oxygens (including phenoxy) is 1. The van der Waals surface area contributed by atoms with Crippen molar-refractivity contribution < 1.29 is 4.74 Å². The lowest BCUT2D eigenvalue weighted by atomic mass is 9.59. The van der Waals surface area contributed by atoms with Crippen molar-refractivity contribution in [3.63, 3.8) is 0 Å². The Bertz CT molecular complexity index is 2540. The van der Waals surface area contributed by atoms with E-state index < -0.39 is 0 Å². The minimum absolute atomic E-state index is 0.153. The molecule has 1 aliphatic heterocycles. The zero-order valence-electron chi connectivity index (χ0n) is 31.7. The van der Waals surface area contributed by atoms with Gasteiger partial charge >= 0.3 is 6.98 Å². The standard InChI is InChI=1S/C46H42BN7O/c1-30(2)35-18-12-19-36(31(3)4)43(35)53-26-24-49-46(53)44-50-29-41(51-44)55-34-22-23-40-39(28-34)45-48-25-27-54(45)47(52(40)5)42-37(32-14-8-6-9-15-32)20-13-21-38(42)33-16-10-7-11-17-33/h6-31H,1-5H3,(H,50,51). The molecular weight excluding hydrogens is 677 g/mol. The van der Waals surface area contributed by atoms with Crippen molar-refractivity contribution in [2.45, 2.75) is 39.5 Å². The van der Waals surface area contributed by atoms with Crippen molar-refractivity contribution in [1.29, 1.82) is 0 Å². The number of benzene rings is 5. The third-order valence-electron chi connectivity index (χ3n) is 10.6. The number of aromatic nitrogens is 6. The van der Waals surface area contributed by atoms with Gasteiger partial charge in [0.25, 0.3) is 0 Å². The lowest BCUT2D eigenvalue weighted by Gasteiger charge is -2.36. The summed E-state index contributed by atoms with van der Waals surface area (Å²) in [5.74, 6) is 4.14. The van der Waals surface area contributed by atoms with Gasteiger partial charge in [0.05, 0.1) is 11.9 Å². The van der Waals surface area contributed by atoms with Gasteiger partial charge < -0.3 is 19.0 Å². The molecule has 0 amide bonds. The second-order valence-electron chi connectivity index (χ2n) is 14.7. The Hall–Kier alpha value is -6.61. The van der Waals surface area contributed by atoms with Crippen LogP contribution in [0.5, 0.6) is 11.6 Å². The highest BCUT2D eigenvalue weighted by Crippen LogP contribution is 2.40. The first-order valence-electron chi connectivity index (χ1n) is 18.9. The van der Waals surface area contributed by atoms with E-state index in [-0.39, 0.29) is 6.98 Å². The Morgan fingerprint density at radius 2 is 1.25 bits per heavy atom. The average Bonchev–Trinajstić information content (AvgIpc) is 4.00. The monoisotopic (exact) mass is 719 g/mol. The van der Waals surface area contributed by atoms with Gasteiger partial charge in [0, 0.05) is 36.0 Å². The molecule has 0 fully saturated rings. The SMILES string of the molecule is CC(C)c1cccc(C(C)C)c1-n1ccnc1-c1ncc(Oc2ccc3c(c2)-c2nccn2B(c2c(-c4ccccc4)cccc2-c2ccccc2)N3C)[nH]1. The van der Waals surface area contributed by atoms with Crippen molar-refractivity contribution in [3.8, 4) is 62.6 Å². The number of hydrogen-bond acceptors (Lipinski definition) is 5. The van der Waals surface area contributed by atoms with E-state index in [1.807, 2.05) is 24.7 Å². The van der Waals surface area contributed by atoms with Gasteiger partial charge in [-0.1, -0.05) is 125 Å². The molecule has 1 aliphatic rings. The van der Waals surface area contributed by atoms with Gasteiger partial charge in [-0.15, -0.1) is 0 Å². The van der Waals surface area contributed by atoms with E-state index in [9.17, 15) is 0 Å². The van der Waals surface area contributed by atoms with E-state index in [1.54, 1.807) is 6.20 Å². The van der Waals surface area contributed by atoms with Crippen molar-refractivity contribution in [2.75, 3.05) is 11.9 Å². The summed E-state index contributed by atoms with van der Waals surface area (Å²) in [5.41, 5.74) is 11.7. The number of anilines is 1. The molecule has 0 saturated heterocycles. The van der Waals surface area contributed by atoms with E-state index in [0.717, 1.165) is 28.6 Å². The van der Waals surface area contributed by atoms with E-state index in [1.165, 1.54) is 38.8 Å². The molecule has 270 valence electrons. The second-order valence-corrected chi connectivity index (χ2v) is 14.7. The van der Waals surface area contributed by atoms with Gasteiger partial charge in [0.2, 0.25) is 5.88 Å². The van der Waals surface area contributed by atoms with Crippen LogP contribution in [0.3, 0.4) is 0 Å². The quantitative estimate of drug-likeness (QED) is 0.150. The fraction of sp³-hybridized carbons (Fsp3) is 0.152. The summed E-state index contributed by atoms with van der Waals surface area (Å²) in [6.07, 6.45) is 9.53. The number of rotatable bonds is 9. The molecule has 8 aromatic rings. The molecule has 0 unspecified atom stereocenters. The van der Waals surface area contributed by atoms with Crippen LogP contribution in [0.1, 0.15) is 50.7 Å². The minimum atomic E-state index is -0.153. The Morgan fingerprint density at radius 3 is 1.91 bits per heavy atom. The zero-order chi connectivity index (χ0) is 37.6. The molecule has 9 heteroatoms. The molecule has 0 spiro atoms. The molecule has 4 heterocycles. The molecule has 5 aromatic carbocycles. The Balaban J connectivity index is 1.07. The highest BCUT2D eigenvalue weighted by atomic mass is 16.5. The van der Waals surface area contributed by atoms with Crippen LogP contribution in [-0.2, 0) is 0 Å². The summed E-state index contributed by atoms with van der Waals surface area (Å²) < 4.78 is 10.9. The van der Waals surface area contributed by atoms with Crippen molar-refractivity contribution >= 4 is 18.1 Å². The molecule has 0 radical (unpaired) electrons. The van der Waals surface area contributed by atoms with Crippen LogP contribution in [0, 0.1) is 0 Å². The number of imidazole rings is 3. The van der Waals surface area contributed by atoms with Crippen LogP contribution in [-0.4, -0.2) is 43.0 Å². The third-order valence-corrected chi connectivity index (χ3v) is 10.6. The maximum atomic E-state index is 6.47. The van der Waals surface area contributed by atoms with E-state index in [0.29, 0.717) is 29.3 Å². The van der Waals surface area contributed by atoms with Gasteiger partial charge in [0.1, 0.15) is 11.6 Å². The molecule has 3 aromatic heterocycles. The Labute approximate surface area is 322 Å². The fourth-order valence-corrected chi connectivity index (χ4v) is 8.06. The van der Waals surface area contributed by atoms with Crippen LogP contribution >= 0.6 is 0 Å². The molecule has 9 rings (SSSR count). The summed E-state index contributed by atoms with van der Waals surface area (Å²) in [6, 6.07) is 40.7. The predicted octanol–water partition coefficient (Wildman–Crippen LogP) is 10.2. The average molecular weight is 720 g/mol. The number of hydrogen-bond donors (Lipinski definition) is 1. The maximum Gasteiger partial charge on any atom is 0.417 e. The molecule has 0 aliphatic carbocycles. The fourth-order valence-electron chi connectivity index (χ4n) is 8.06. The number of aromatic amines is 1. The maximum absolute atomic E-state index is 6.47. The summed E-state index contributed by atoms with van der Waals surface area (Å²) in [7, 11) is 2.16. The Kier molecular flexibility index (Phi) is 8.69. The number of H-pyrrole nitrogens is 1. The lowest BCUT2D eigenvalue weighted by Crippen LogP contribution is -2.55. The third kappa shape index (κ3) is 6.02. The minimum Gasteiger partial charge on any atom is -0.439 e. The predicted molar refractivity (Wildman–Crippen MR) is 224 cm³/mol. The number of nitrogens with zero attached hydrogens (tertiary/aromatic N) is 6. The number of fused-ring (bicyclic) bond motifs is 3. The van der Waals surface area contributed by atoms with Gasteiger partial charge in [-0.05, 0) is 75.9 Å². The van der Waals surface area contributed by atoms with Crippen LogP contribution in [0.15, 0.2) is 146 Å². The normalized spacial score (nSPS) is 12.3. The highest BCUT2D eigenvalue weighted by molar-refractivity contribution is 6.78. The summed E-state index contributed by atoms with van der Waals surface area (Å²) in [5, 5.41) is 0.